The van der Waals surface area contributed by atoms with Gasteiger partial charge in [0.2, 0.25) is 20.0 Å². The number of anilines is 1. The maximum Gasteiger partial charge on any atom is 0.238 e. The molecule has 3 aromatic carbocycles. The first-order chi connectivity index (χ1) is 16.8. The standard InChI is InChI=1S/C18H17FN2O3S.C6H8N2O2S/c1-12(21-10-9-15-16(19)3-2-4-17(15)21)18(22)11-13-5-7-14(8-6-13)25(20,23)24;7-5-1-3-6(4-2-5)11(8,9)10/h2-10,12H,11H2,1H3,(H2,20,23,24);1-4H,7H2,(H2,8,9,10)/t12-;/m1./s1. The lowest BCUT2D eigenvalue weighted by Crippen LogP contribution is -2.18. The van der Waals surface area contributed by atoms with Gasteiger partial charge >= 0.3 is 0 Å². The predicted molar refractivity (Wildman–Crippen MR) is 135 cm³/mol. The van der Waals surface area contributed by atoms with Gasteiger partial charge in [0.15, 0.2) is 5.78 Å². The van der Waals surface area contributed by atoms with Crippen LogP contribution in [0.2, 0.25) is 0 Å². The molecule has 1 aromatic heterocycles. The average Bonchev–Trinajstić information content (AvgIpc) is 3.24. The van der Waals surface area contributed by atoms with E-state index in [1.807, 2.05) is 0 Å². The van der Waals surface area contributed by atoms with Crippen LogP contribution in [0.25, 0.3) is 10.9 Å². The lowest BCUT2D eigenvalue weighted by molar-refractivity contribution is -0.121. The Hall–Kier alpha value is -3.58. The second-order valence-corrected chi connectivity index (χ2v) is 11.1. The van der Waals surface area contributed by atoms with Crippen molar-refractivity contribution in [2.24, 2.45) is 10.3 Å². The molecule has 0 aliphatic carbocycles. The fourth-order valence-corrected chi connectivity index (χ4v) is 4.48. The van der Waals surface area contributed by atoms with Crippen LogP contribution in [0, 0.1) is 5.82 Å². The Morgan fingerprint density at radius 3 is 1.92 bits per heavy atom. The van der Waals surface area contributed by atoms with Crippen molar-refractivity contribution in [3.8, 4) is 0 Å². The molecule has 0 amide bonds. The molecule has 0 fully saturated rings. The summed E-state index contributed by atoms with van der Waals surface area (Å²) >= 11 is 0. The minimum absolute atomic E-state index is 0.00336. The highest BCUT2D eigenvalue weighted by atomic mass is 32.2. The number of hydrogen-bond acceptors (Lipinski definition) is 6. The molecule has 0 aliphatic rings. The number of carbonyl (C=O) groups is 1. The summed E-state index contributed by atoms with van der Waals surface area (Å²) in [6.07, 6.45) is 1.83. The maximum atomic E-state index is 13.8. The quantitative estimate of drug-likeness (QED) is 0.323. The number of nitrogen functional groups attached to an aromatic ring is 1. The fourth-order valence-electron chi connectivity index (χ4n) is 3.45. The van der Waals surface area contributed by atoms with Crippen LogP contribution in [0.3, 0.4) is 0 Å². The molecule has 36 heavy (non-hydrogen) atoms. The molecule has 0 saturated heterocycles. The molecule has 1 atom stereocenters. The molecule has 0 unspecified atom stereocenters. The summed E-state index contributed by atoms with van der Waals surface area (Å²) in [4.78, 5) is 12.6. The molecule has 9 nitrogen and oxygen atoms in total. The topological polar surface area (TPSA) is 168 Å². The Kier molecular flexibility index (Phi) is 7.94. The van der Waals surface area contributed by atoms with E-state index in [1.54, 1.807) is 48.0 Å². The van der Waals surface area contributed by atoms with E-state index < -0.39 is 26.1 Å². The molecule has 4 rings (SSSR count). The third-order valence-corrected chi connectivity index (χ3v) is 7.29. The first kappa shape index (κ1) is 27.0. The van der Waals surface area contributed by atoms with E-state index in [0.717, 1.165) is 0 Å². The van der Waals surface area contributed by atoms with Gasteiger partial charge in [0, 0.05) is 23.7 Å². The average molecular weight is 533 g/mol. The van der Waals surface area contributed by atoms with Crippen LogP contribution < -0.4 is 16.0 Å². The van der Waals surface area contributed by atoms with E-state index in [4.69, 9.17) is 16.0 Å². The number of fused-ring (bicyclic) bond motifs is 1. The highest BCUT2D eigenvalue weighted by Crippen LogP contribution is 2.24. The monoisotopic (exact) mass is 532 g/mol. The molecule has 6 N–H and O–H groups in total. The normalized spacial score (nSPS) is 12.6. The first-order valence-corrected chi connectivity index (χ1v) is 13.6. The summed E-state index contributed by atoms with van der Waals surface area (Å²) in [7, 11) is -7.33. The predicted octanol–water partition coefficient (Wildman–Crippen LogP) is 2.72. The number of nitrogens with zero attached hydrogens (tertiary/aromatic N) is 1. The summed E-state index contributed by atoms with van der Waals surface area (Å²) in [5.74, 6) is -0.389. The molecule has 0 saturated carbocycles. The molecule has 4 aromatic rings. The zero-order valence-electron chi connectivity index (χ0n) is 19.2. The zero-order chi connectivity index (χ0) is 26.7. The van der Waals surface area contributed by atoms with E-state index in [2.05, 4.69) is 0 Å². The van der Waals surface area contributed by atoms with Crippen LogP contribution in [-0.4, -0.2) is 27.2 Å². The number of aromatic nitrogens is 1. The second kappa shape index (κ2) is 10.6. The van der Waals surface area contributed by atoms with E-state index in [1.165, 1.54) is 42.5 Å². The lowest BCUT2D eigenvalue weighted by atomic mass is 10.0. The third kappa shape index (κ3) is 6.55. The van der Waals surface area contributed by atoms with E-state index in [-0.39, 0.29) is 27.8 Å². The Morgan fingerprint density at radius 1 is 0.861 bits per heavy atom. The van der Waals surface area contributed by atoms with Gasteiger partial charge in [0.25, 0.3) is 0 Å². The van der Waals surface area contributed by atoms with Crippen LogP contribution >= 0.6 is 0 Å². The van der Waals surface area contributed by atoms with Crippen molar-refractivity contribution >= 4 is 42.4 Å². The van der Waals surface area contributed by atoms with Gasteiger partial charge in [-0.2, -0.15) is 0 Å². The van der Waals surface area contributed by atoms with Crippen molar-refractivity contribution in [2.45, 2.75) is 29.2 Å². The van der Waals surface area contributed by atoms with Gasteiger partial charge in [-0.1, -0.05) is 18.2 Å². The molecular weight excluding hydrogens is 507 g/mol. The van der Waals surface area contributed by atoms with Gasteiger partial charge in [0.05, 0.1) is 21.3 Å². The number of rotatable bonds is 6. The molecule has 0 spiro atoms. The van der Waals surface area contributed by atoms with Crippen molar-refractivity contribution in [3.05, 3.63) is 90.4 Å². The Labute approximate surface area is 208 Å². The van der Waals surface area contributed by atoms with Crippen molar-refractivity contribution in [2.75, 3.05) is 5.73 Å². The highest BCUT2D eigenvalue weighted by molar-refractivity contribution is 7.89. The van der Waals surface area contributed by atoms with Gasteiger partial charge in [-0.25, -0.2) is 31.5 Å². The van der Waals surface area contributed by atoms with Crippen LogP contribution in [0.5, 0.6) is 0 Å². The number of benzene rings is 3. The van der Waals surface area contributed by atoms with Gasteiger partial charge in [0.1, 0.15) is 5.82 Å². The van der Waals surface area contributed by atoms with Gasteiger partial charge in [-0.3, -0.25) is 4.79 Å². The minimum Gasteiger partial charge on any atom is -0.399 e. The smallest absolute Gasteiger partial charge is 0.238 e. The SMILES string of the molecule is C[C@H](C(=O)Cc1ccc(S(N)(=O)=O)cc1)n1ccc2c(F)cccc21.Nc1ccc(S(N)(=O)=O)cc1. The van der Waals surface area contributed by atoms with Gasteiger partial charge in [-0.15, -0.1) is 0 Å². The van der Waals surface area contributed by atoms with E-state index >= 15 is 0 Å². The summed E-state index contributed by atoms with van der Waals surface area (Å²) in [6, 6.07) is 17.5. The number of Topliss-reactive ketones (excluding diaryl/α,β-unsaturated/α-hetero) is 1. The van der Waals surface area contributed by atoms with Gasteiger partial charge < -0.3 is 10.3 Å². The number of hydrogen-bond donors (Lipinski definition) is 3. The van der Waals surface area contributed by atoms with Crippen molar-refractivity contribution < 1.29 is 26.0 Å². The second-order valence-electron chi connectivity index (χ2n) is 8.02. The lowest BCUT2D eigenvalue weighted by Gasteiger charge is -2.14. The van der Waals surface area contributed by atoms with Crippen LogP contribution in [0.1, 0.15) is 18.5 Å². The molecule has 190 valence electrons. The molecular formula is C24H25FN4O5S2. The summed E-state index contributed by atoms with van der Waals surface area (Å²) in [5.41, 5.74) is 7.19. The largest absolute Gasteiger partial charge is 0.399 e. The Bertz CT molecular complexity index is 1600. The van der Waals surface area contributed by atoms with Crippen LogP contribution in [0.4, 0.5) is 10.1 Å². The summed E-state index contributed by atoms with van der Waals surface area (Å²) < 4.78 is 59.4. The number of sulfonamides is 2. The van der Waals surface area contributed by atoms with Crippen LogP contribution in [-0.2, 0) is 31.3 Å². The number of ketones is 1. The van der Waals surface area contributed by atoms with Crippen molar-refractivity contribution in [3.63, 3.8) is 0 Å². The van der Waals surface area contributed by atoms with E-state index in [9.17, 15) is 26.0 Å². The Morgan fingerprint density at radius 2 is 1.39 bits per heavy atom. The molecule has 0 radical (unpaired) electrons. The zero-order valence-corrected chi connectivity index (χ0v) is 20.8. The number of primary sulfonamides is 2. The molecule has 1 heterocycles. The van der Waals surface area contributed by atoms with Crippen molar-refractivity contribution in [1.82, 2.24) is 4.57 Å². The third-order valence-electron chi connectivity index (χ3n) is 5.43. The highest BCUT2D eigenvalue weighted by Gasteiger charge is 2.18. The van der Waals surface area contributed by atoms with Crippen molar-refractivity contribution in [1.29, 1.82) is 0 Å². The molecule has 12 heteroatoms. The summed E-state index contributed by atoms with van der Waals surface area (Å²) in [5, 5.41) is 10.4. The first-order valence-electron chi connectivity index (χ1n) is 10.5. The van der Waals surface area contributed by atoms with Gasteiger partial charge in [-0.05, 0) is 67.1 Å². The number of halogens is 1. The summed E-state index contributed by atoms with van der Waals surface area (Å²) in [6.45, 7) is 1.76. The molecule has 0 aliphatic heterocycles. The minimum atomic E-state index is -3.75. The number of carbonyl (C=O) groups excluding carboxylic acids is 1. The molecule has 0 bridgehead atoms. The number of nitrogens with two attached hydrogens (primary N) is 3. The van der Waals surface area contributed by atoms with E-state index in [0.29, 0.717) is 22.2 Å². The fraction of sp³-hybridized carbons (Fsp3) is 0.125. The Balaban J connectivity index is 0.000000275. The van der Waals surface area contributed by atoms with Crippen LogP contribution in [0.15, 0.2) is 88.8 Å². The maximum absolute atomic E-state index is 13.8.